The standard InChI is InChI=1S/C18H29N3/c1-3-9-20-10-12-21(13-11-20)16-8-7-15-5-4-6-18(19-2)17(15)14-16/h7-8,14,18-19H,3-6,9-13H2,1-2H3. The Bertz CT molecular complexity index is 464. The van der Waals surface area contributed by atoms with Crippen LogP contribution in [0.15, 0.2) is 18.2 Å². The van der Waals surface area contributed by atoms with Gasteiger partial charge in [-0.05, 0) is 62.5 Å². The van der Waals surface area contributed by atoms with Gasteiger partial charge in [0.2, 0.25) is 0 Å². The molecule has 0 amide bonds. The fourth-order valence-electron chi connectivity index (χ4n) is 3.83. The molecule has 0 aromatic heterocycles. The highest BCUT2D eigenvalue weighted by Gasteiger charge is 2.21. The Balaban J connectivity index is 1.72. The summed E-state index contributed by atoms with van der Waals surface area (Å²) in [6.45, 7) is 8.28. The lowest BCUT2D eigenvalue weighted by atomic mass is 9.87. The van der Waals surface area contributed by atoms with E-state index in [9.17, 15) is 0 Å². The number of fused-ring (bicyclic) bond motifs is 1. The Morgan fingerprint density at radius 1 is 1.19 bits per heavy atom. The monoisotopic (exact) mass is 287 g/mol. The molecular weight excluding hydrogens is 258 g/mol. The maximum absolute atomic E-state index is 3.49. The molecule has 1 atom stereocenters. The molecule has 1 unspecified atom stereocenters. The topological polar surface area (TPSA) is 18.5 Å². The van der Waals surface area contributed by atoms with Gasteiger partial charge in [-0.25, -0.2) is 0 Å². The molecular formula is C18H29N3. The van der Waals surface area contributed by atoms with E-state index < -0.39 is 0 Å². The number of benzene rings is 1. The summed E-state index contributed by atoms with van der Waals surface area (Å²) in [7, 11) is 2.09. The summed E-state index contributed by atoms with van der Waals surface area (Å²) in [5, 5.41) is 3.49. The first-order valence-electron chi connectivity index (χ1n) is 8.59. The van der Waals surface area contributed by atoms with E-state index >= 15 is 0 Å². The molecule has 0 radical (unpaired) electrons. The van der Waals surface area contributed by atoms with Crippen LogP contribution in [0.4, 0.5) is 5.69 Å². The van der Waals surface area contributed by atoms with Crippen LogP contribution in [0.3, 0.4) is 0 Å². The molecule has 1 aliphatic carbocycles. The van der Waals surface area contributed by atoms with Crippen LogP contribution in [0, 0.1) is 0 Å². The molecule has 3 rings (SSSR count). The first kappa shape index (κ1) is 14.9. The third kappa shape index (κ3) is 3.24. The minimum atomic E-state index is 0.551. The summed E-state index contributed by atoms with van der Waals surface area (Å²) in [5.74, 6) is 0. The lowest BCUT2D eigenvalue weighted by Gasteiger charge is -2.37. The van der Waals surface area contributed by atoms with E-state index in [0.29, 0.717) is 6.04 Å². The van der Waals surface area contributed by atoms with Crippen molar-refractivity contribution in [1.82, 2.24) is 10.2 Å². The van der Waals surface area contributed by atoms with Crippen LogP contribution in [0.2, 0.25) is 0 Å². The maximum atomic E-state index is 3.49. The van der Waals surface area contributed by atoms with Crippen LogP contribution in [-0.2, 0) is 6.42 Å². The molecule has 21 heavy (non-hydrogen) atoms. The predicted molar refractivity (Wildman–Crippen MR) is 90.1 cm³/mol. The number of rotatable bonds is 4. The zero-order chi connectivity index (χ0) is 14.7. The fourth-order valence-corrected chi connectivity index (χ4v) is 3.83. The van der Waals surface area contributed by atoms with Crippen LogP contribution >= 0.6 is 0 Å². The first-order chi connectivity index (χ1) is 10.3. The highest BCUT2D eigenvalue weighted by molar-refractivity contribution is 5.53. The fraction of sp³-hybridized carbons (Fsp3) is 0.667. The summed E-state index contributed by atoms with van der Waals surface area (Å²) in [6, 6.07) is 7.71. The van der Waals surface area contributed by atoms with Crippen LogP contribution in [-0.4, -0.2) is 44.7 Å². The highest BCUT2D eigenvalue weighted by atomic mass is 15.3. The third-order valence-corrected chi connectivity index (χ3v) is 5.07. The van der Waals surface area contributed by atoms with Crippen LogP contribution in [0.1, 0.15) is 43.4 Å². The number of nitrogens with zero attached hydrogens (tertiary/aromatic N) is 2. The number of piperazine rings is 1. The molecule has 1 N–H and O–H groups in total. The molecule has 0 spiro atoms. The van der Waals surface area contributed by atoms with E-state index in [1.165, 1.54) is 69.7 Å². The number of hydrogen-bond acceptors (Lipinski definition) is 3. The van der Waals surface area contributed by atoms with E-state index in [1.54, 1.807) is 5.56 Å². The van der Waals surface area contributed by atoms with Crippen molar-refractivity contribution < 1.29 is 0 Å². The van der Waals surface area contributed by atoms with Gasteiger partial charge >= 0.3 is 0 Å². The molecule has 3 heteroatoms. The molecule has 1 fully saturated rings. The molecule has 0 bridgehead atoms. The Hall–Kier alpha value is -1.06. The highest BCUT2D eigenvalue weighted by Crippen LogP contribution is 2.32. The smallest absolute Gasteiger partial charge is 0.0370 e. The summed E-state index contributed by atoms with van der Waals surface area (Å²) in [5.41, 5.74) is 4.51. The molecule has 1 aromatic rings. The van der Waals surface area contributed by atoms with Crippen LogP contribution in [0.5, 0.6) is 0 Å². The average Bonchev–Trinajstić information content (AvgIpc) is 2.55. The Morgan fingerprint density at radius 3 is 2.71 bits per heavy atom. The van der Waals surface area contributed by atoms with Crippen molar-refractivity contribution in [2.45, 2.75) is 38.6 Å². The first-order valence-corrected chi connectivity index (χ1v) is 8.59. The van der Waals surface area contributed by atoms with Crippen LogP contribution in [0.25, 0.3) is 0 Å². The largest absolute Gasteiger partial charge is 0.369 e. The predicted octanol–water partition coefficient (Wildman–Crippen LogP) is 2.82. The van der Waals surface area contributed by atoms with Crippen molar-refractivity contribution in [2.75, 3.05) is 44.7 Å². The SMILES string of the molecule is CCCN1CCN(c2ccc3c(c2)C(NC)CCC3)CC1. The molecule has 3 nitrogen and oxygen atoms in total. The van der Waals surface area contributed by atoms with Gasteiger partial charge < -0.3 is 10.2 Å². The molecule has 116 valence electrons. The van der Waals surface area contributed by atoms with E-state index in [4.69, 9.17) is 0 Å². The van der Waals surface area contributed by atoms with Gasteiger partial charge in [-0.15, -0.1) is 0 Å². The number of anilines is 1. The lowest BCUT2D eigenvalue weighted by molar-refractivity contribution is 0.258. The molecule has 1 aromatic carbocycles. The summed E-state index contributed by atoms with van der Waals surface area (Å²) in [6.07, 6.45) is 5.10. The quantitative estimate of drug-likeness (QED) is 0.918. The minimum absolute atomic E-state index is 0.551. The van der Waals surface area contributed by atoms with Gasteiger partial charge in [-0.2, -0.15) is 0 Å². The molecule has 1 aliphatic heterocycles. The number of aryl methyl sites for hydroxylation is 1. The van der Waals surface area contributed by atoms with Gasteiger partial charge in [0.25, 0.3) is 0 Å². The van der Waals surface area contributed by atoms with Crippen molar-refractivity contribution in [3.05, 3.63) is 29.3 Å². The Kier molecular flexibility index (Phi) is 4.81. The Labute approximate surface area is 129 Å². The second kappa shape index (κ2) is 6.80. The molecule has 1 saturated heterocycles. The van der Waals surface area contributed by atoms with Crippen molar-refractivity contribution in [3.63, 3.8) is 0 Å². The van der Waals surface area contributed by atoms with E-state index in [1.807, 2.05) is 0 Å². The molecule has 2 aliphatic rings. The van der Waals surface area contributed by atoms with Gasteiger partial charge in [-0.1, -0.05) is 13.0 Å². The third-order valence-electron chi connectivity index (χ3n) is 5.07. The number of nitrogens with one attached hydrogen (secondary N) is 1. The zero-order valence-corrected chi connectivity index (χ0v) is 13.6. The summed E-state index contributed by atoms with van der Waals surface area (Å²) in [4.78, 5) is 5.15. The zero-order valence-electron chi connectivity index (χ0n) is 13.6. The lowest BCUT2D eigenvalue weighted by Crippen LogP contribution is -2.46. The molecule has 0 saturated carbocycles. The van der Waals surface area contributed by atoms with Crippen molar-refractivity contribution in [2.24, 2.45) is 0 Å². The van der Waals surface area contributed by atoms with Gasteiger partial charge in [0.05, 0.1) is 0 Å². The van der Waals surface area contributed by atoms with Crippen molar-refractivity contribution in [3.8, 4) is 0 Å². The van der Waals surface area contributed by atoms with Gasteiger partial charge in [-0.3, -0.25) is 4.90 Å². The number of hydrogen-bond donors (Lipinski definition) is 1. The van der Waals surface area contributed by atoms with Gasteiger partial charge in [0, 0.05) is 37.9 Å². The maximum Gasteiger partial charge on any atom is 0.0370 e. The van der Waals surface area contributed by atoms with E-state index in [0.717, 1.165) is 0 Å². The summed E-state index contributed by atoms with van der Waals surface area (Å²) < 4.78 is 0. The van der Waals surface area contributed by atoms with E-state index in [2.05, 4.69) is 47.3 Å². The minimum Gasteiger partial charge on any atom is -0.369 e. The second-order valence-electron chi connectivity index (χ2n) is 6.45. The van der Waals surface area contributed by atoms with Crippen LogP contribution < -0.4 is 10.2 Å². The van der Waals surface area contributed by atoms with Crippen molar-refractivity contribution >= 4 is 5.69 Å². The second-order valence-corrected chi connectivity index (χ2v) is 6.45. The van der Waals surface area contributed by atoms with Gasteiger partial charge in [0.1, 0.15) is 0 Å². The van der Waals surface area contributed by atoms with Crippen molar-refractivity contribution in [1.29, 1.82) is 0 Å². The molecule has 1 heterocycles. The van der Waals surface area contributed by atoms with Gasteiger partial charge in [0.15, 0.2) is 0 Å². The summed E-state index contributed by atoms with van der Waals surface area (Å²) >= 11 is 0. The Morgan fingerprint density at radius 2 is 2.00 bits per heavy atom. The average molecular weight is 287 g/mol. The normalized spacial score (nSPS) is 23.1. The van der Waals surface area contributed by atoms with E-state index in [-0.39, 0.29) is 0 Å².